The van der Waals surface area contributed by atoms with E-state index in [4.69, 9.17) is 4.74 Å². The van der Waals surface area contributed by atoms with Crippen molar-refractivity contribution in [3.8, 4) is 0 Å². The average Bonchev–Trinajstić information content (AvgIpc) is 2.67. The fourth-order valence-electron chi connectivity index (χ4n) is 2.16. The highest BCUT2D eigenvalue weighted by Gasteiger charge is 2.19. The Hall–Kier alpha value is -0.0800. The van der Waals surface area contributed by atoms with Crippen molar-refractivity contribution in [2.45, 2.75) is 64.6 Å². The largest absolute Gasteiger partial charge is 0.393 e. The maximum absolute atomic E-state index is 9.85. The van der Waals surface area contributed by atoms with Crippen LogP contribution in [0.5, 0.6) is 0 Å². The number of rotatable bonds is 6. The summed E-state index contributed by atoms with van der Waals surface area (Å²) in [6, 6.07) is 0. The lowest BCUT2D eigenvalue weighted by Crippen LogP contribution is -2.19. The van der Waals surface area contributed by atoms with Gasteiger partial charge in [0.25, 0.3) is 0 Å². The van der Waals surface area contributed by atoms with Crippen LogP contribution < -0.4 is 0 Å². The van der Waals surface area contributed by atoms with Gasteiger partial charge in [0.1, 0.15) is 0 Å². The van der Waals surface area contributed by atoms with Gasteiger partial charge in [-0.25, -0.2) is 0 Å². The molecule has 0 saturated carbocycles. The van der Waals surface area contributed by atoms with Crippen LogP contribution in [0, 0.1) is 5.92 Å². The third kappa shape index (κ3) is 3.97. The second kappa shape index (κ2) is 6.41. The third-order valence-electron chi connectivity index (χ3n) is 3.21. The molecule has 0 radical (unpaired) electrons. The minimum atomic E-state index is -0.126. The predicted octanol–water partition coefficient (Wildman–Crippen LogP) is 2.74. The van der Waals surface area contributed by atoms with Gasteiger partial charge in [-0.1, -0.05) is 20.3 Å². The van der Waals surface area contributed by atoms with Crippen LogP contribution in [0.1, 0.15) is 52.4 Å². The number of aliphatic hydroxyl groups is 1. The van der Waals surface area contributed by atoms with Gasteiger partial charge in [-0.2, -0.15) is 0 Å². The van der Waals surface area contributed by atoms with Crippen LogP contribution in [0.15, 0.2) is 0 Å². The Labute approximate surface area is 87.7 Å². The minimum absolute atomic E-state index is 0.126. The maximum atomic E-state index is 9.85. The van der Waals surface area contributed by atoms with E-state index in [0.29, 0.717) is 12.0 Å². The molecule has 0 amide bonds. The fourth-order valence-corrected chi connectivity index (χ4v) is 2.16. The molecule has 2 heteroatoms. The van der Waals surface area contributed by atoms with Crippen LogP contribution in [0.25, 0.3) is 0 Å². The topological polar surface area (TPSA) is 29.5 Å². The van der Waals surface area contributed by atoms with Gasteiger partial charge in [0.05, 0.1) is 12.2 Å². The van der Waals surface area contributed by atoms with Gasteiger partial charge < -0.3 is 9.84 Å². The summed E-state index contributed by atoms with van der Waals surface area (Å²) in [5.41, 5.74) is 0. The first-order valence-corrected chi connectivity index (χ1v) is 6.03. The standard InChI is InChI=1S/C12H24O2/c1-3-5-10(2)12(13)8-7-11-6-4-9-14-11/h10-13H,3-9H2,1-2H3. The Balaban J connectivity index is 2.09. The number of aliphatic hydroxyl groups excluding tert-OH is 1. The molecule has 1 aliphatic rings. The lowest BCUT2D eigenvalue weighted by molar-refractivity contribution is 0.0606. The lowest BCUT2D eigenvalue weighted by atomic mass is 9.94. The van der Waals surface area contributed by atoms with E-state index in [1.165, 1.54) is 12.8 Å². The third-order valence-corrected chi connectivity index (χ3v) is 3.21. The van der Waals surface area contributed by atoms with Gasteiger partial charge in [0, 0.05) is 6.61 Å². The van der Waals surface area contributed by atoms with Gasteiger partial charge in [0.2, 0.25) is 0 Å². The van der Waals surface area contributed by atoms with Crippen molar-refractivity contribution in [1.29, 1.82) is 0 Å². The minimum Gasteiger partial charge on any atom is -0.393 e. The van der Waals surface area contributed by atoms with Gasteiger partial charge >= 0.3 is 0 Å². The Bertz CT molecular complexity index is 141. The maximum Gasteiger partial charge on any atom is 0.0577 e. The summed E-state index contributed by atoms with van der Waals surface area (Å²) in [5, 5.41) is 9.85. The monoisotopic (exact) mass is 200 g/mol. The molecule has 1 aliphatic heterocycles. The summed E-state index contributed by atoms with van der Waals surface area (Å²) in [5.74, 6) is 0.446. The molecule has 1 N–H and O–H groups in total. The zero-order valence-electron chi connectivity index (χ0n) is 9.54. The van der Waals surface area contributed by atoms with E-state index in [1.54, 1.807) is 0 Å². The summed E-state index contributed by atoms with van der Waals surface area (Å²) in [7, 11) is 0. The summed E-state index contributed by atoms with van der Waals surface area (Å²) in [4.78, 5) is 0. The van der Waals surface area contributed by atoms with E-state index in [2.05, 4.69) is 13.8 Å². The summed E-state index contributed by atoms with van der Waals surface area (Å²) < 4.78 is 5.53. The Morgan fingerprint density at radius 2 is 2.21 bits per heavy atom. The van der Waals surface area contributed by atoms with Crippen LogP contribution in [0.2, 0.25) is 0 Å². The van der Waals surface area contributed by atoms with Gasteiger partial charge in [-0.3, -0.25) is 0 Å². The molecule has 3 atom stereocenters. The normalized spacial score (nSPS) is 26.4. The molecule has 0 bridgehead atoms. The SMILES string of the molecule is CCCC(C)C(O)CCC1CCCO1. The first kappa shape index (κ1) is 12.0. The van der Waals surface area contributed by atoms with Crippen molar-refractivity contribution in [3.05, 3.63) is 0 Å². The lowest BCUT2D eigenvalue weighted by Gasteiger charge is -2.19. The van der Waals surface area contributed by atoms with E-state index in [-0.39, 0.29) is 6.10 Å². The molecule has 1 heterocycles. The summed E-state index contributed by atoms with van der Waals surface area (Å²) >= 11 is 0. The molecule has 1 fully saturated rings. The molecule has 0 aromatic rings. The van der Waals surface area contributed by atoms with E-state index < -0.39 is 0 Å². The molecular weight excluding hydrogens is 176 g/mol. The van der Waals surface area contributed by atoms with Gasteiger partial charge in [-0.15, -0.1) is 0 Å². The first-order chi connectivity index (χ1) is 6.74. The van der Waals surface area contributed by atoms with E-state index in [0.717, 1.165) is 32.3 Å². The highest BCUT2D eigenvalue weighted by molar-refractivity contribution is 4.70. The van der Waals surface area contributed by atoms with Crippen LogP contribution in [0.4, 0.5) is 0 Å². The van der Waals surface area contributed by atoms with Crippen molar-refractivity contribution >= 4 is 0 Å². The molecule has 2 nitrogen and oxygen atoms in total. The van der Waals surface area contributed by atoms with Crippen LogP contribution in [-0.2, 0) is 4.74 Å². The molecule has 1 rings (SSSR count). The van der Waals surface area contributed by atoms with Crippen molar-refractivity contribution in [3.63, 3.8) is 0 Å². The second-order valence-corrected chi connectivity index (χ2v) is 4.55. The molecule has 0 aliphatic carbocycles. The fraction of sp³-hybridized carbons (Fsp3) is 1.00. The van der Waals surface area contributed by atoms with Crippen molar-refractivity contribution in [1.82, 2.24) is 0 Å². The Morgan fingerprint density at radius 3 is 2.79 bits per heavy atom. The van der Waals surface area contributed by atoms with Crippen LogP contribution in [-0.4, -0.2) is 23.9 Å². The molecule has 0 spiro atoms. The van der Waals surface area contributed by atoms with Crippen molar-refractivity contribution in [2.24, 2.45) is 5.92 Å². The predicted molar refractivity (Wildman–Crippen MR) is 58.3 cm³/mol. The average molecular weight is 200 g/mol. The molecule has 0 aromatic heterocycles. The van der Waals surface area contributed by atoms with Crippen LogP contribution in [0.3, 0.4) is 0 Å². The number of ether oxygens (including phenoxy) is 1. The zero-order chi connectivity index (χ0) is 10.4. The molecule has 0 aromatic carbocycles. The molecule has 14 heavy (non-hydrogen) atoms. The quantitative estimate of drug-likeness (QED) is 0.714. The van der Waals surface area contributed by atoms with Crippen molar-refractivity contribution in [2.75, 3.05) is 6.61 Å². The smallest absolute Gasteiger partial charge is 0.0577 e. The Kier molecular flexibility index (Phi) is 5.49. The molecular formula is C12H24O2. The highest BCUT2D eigenvalue weighted by atomic mass is 16.5. The van der Waals surface area contributed by atoms with E-state index in [1.807, 2.05) is 0 Å². The molecule has 84 valence electrons. The highest BCUT2D eigenvalue weighted by Crippen LogP contribution is 2.21. The zero-order valence-corrected chi connectivity index (χ0v) is 9.54. The molecule has 1 saturated heterocycles. The van der Waals surface area contributed by atoms with Gasteiger partial charge in [-0.05, 0) is 38.0 Å². The number of hydrogen-bond donors (Lipinski definition) is 1. The van der Waals surface area contributed by atoms with Gasteiger partial charge in [0.15, 0.2) is 0 Å². The summed E-state index contributed by atoms with van der Waals surface area (Å²) in [6.07, 6.45) is 6.93. The van der Waals surface area contributed by atoms with E-state index in [9.17, 15) is 5.11 Å². The molecule has 3 unspecified atom stereocenters. The van der Waals surface area contributed by atoms with Crippen LogP contribution >= 0.6 is 0 Å². The van der Waals surface area contributed by atoms with Crippen molar-refractivity contribution < 1.29 is 9.84 Å². The number of hydrogen-bond acceptors (Lipinski definition) is 2. The van der Waals surface area contributed by atoms with E-state index >= 15 is 0 Å². The first-order valence-electron chi connectivity index (χ1n) is 6.03. The summed E-state index contributed by atoms with van der Waals surface area (Å²) in [6.45, 7) is 5.23. The Morgan fingerprint density at radius 1 is 1.43 bits per heavy atom. The second-order valence-electron chi connectivity index (χ2n) is 4.55.